The lowest BCUT2D eigenvalue weighted by Gasteiger charge is -1.99. The van der Waals surface area contributed by atoms with Gasteiger partial charge in [-0.25, -0.2) is 0 Å². The minimum Gasteiger partial charge on any atom is -0.383 e. The molecule has 0 aromatic carbocycles. The van der Waals surface area contributed by atoms with Crippen molar-refractivity contribution in [3.63, 3.8) is 0 Å². The van der Waals surface area contributed by atoms with Crippen molar-refractivity contribution in [1.29, 1.82) is 0 Å². The normalized spacial score (nSPS) is 9.92. The van der Waals surface area contributed by atoms with Gasteiger partial charge in [0.2, 0.25) is 0 Å². The van der Waals surface area contributed by atoms with E-state index in [2.05, 4.69) is 22.6 Å². The summed E-state index contributed by atoms with van der Waals surface area (Å²) in [6.07, 6.45) is 3.48. The van der Waals surface area contributed by atoms with Gasteiger partial charge in [-0.15, -0.1) is 0 Å². The predicted molar refractivity (Wildman–Crippen MR) is 54.5 cm³/mol. The molecule has 0 unspecified atom stereocenters. The number of hydrogen-bond acceptors (Lipinski definition) is 3. The summed E-state index contributed by atoms with van der Waals surface area (Å²) in [6, 6.07) is 0. The average molecular weight is 200 g/mol. The first kappa shape index (κ1) is 9.94. The van der Waals surface area contributed by atoms with Gasteiger partial charge in [-0.3, -0.25) is 4.68 Å². The zero-order chi connectivity index (χ0) is 9.68. The van der Waals surface area contributed by atoms with Crippen molar-refractivity contribution in [2.45, 2.75) is 6.54 Å². The fraction of sp³-hybridized carbons (Fsp3) is 0.429. The summed E-state index contributed by atoms with van der Waals surface area (Å²) in [5.41, 5.74) is 6.09. The molecule has 13 heavy (non-hydrogen) atoms. The molecule has 72 valence electrons. The summed E-state index contributed by atoms with van der Waals surface area (Å²) in [4.78, 5) is 0. The van der Waals surface area contributed by atoms with Crippen LogP contribution in [0.3, 0.4) is 0 Å². The highest BCUT2D eigenvalue weighted by atomic mass is 32.1. The van der Waals surface area contributed by atoms with E-state index in [9.17, 15) is 0 Å². The lowest BCUT2D eigenvalue weighted by Crippen LogP contribution is -2.18. The Balaban J connectivity index is 2.48. The number of nitrogens with zero attached hydrogens (tertiary/aromatic N) is 2. The summed E-state index contributed by atoms with van der Waals surface area (Å²) < 4.78 is 6.66. The summed E-state index contributed by atoms with van der Waals surface area (Å²) in [5, 5.41) is 7.09. The monoisotopic (exact) mass is 200 g/mol. The summed E-state index contributed by atoms with van der Waals surface area (Å²) in [5.74, 6) is 0. The van der Waals surface area contributed by atoms with Crippen molar-refractivity contribution in [1.82, 2.24) is 9.78 Å². The maximum Gasteiger partial charge on any atom is 0.168 e. The molecule has 0 atom stereocenters. The number of anilines is 1. The fourth-order valence-corrected chi connectivity index (χ4v) is 0.995. The lowest BCUT2D eigenvalue weighted by molar-refractivity contribution is 0.183. The van der Waals surface area contributed by atoms with Crippen molar-refractivity contribution in [2.24, 2.45) is 5.73 Å². The molecule has 5 nitrogen and oxygen atoms in total. The van der Waals surface area contributed by atoms with Crippen molar-refractivity contribution in [2.75, 3.05) is 19.0 Å². The third-order valence-electron chi connectivity index (χ3n) is 1.43. The fourth-order valence-electron chi connectivity index (χ4n) is 0.877. The van der Waals surface area contributed by atoms with E-state index in [0.717, 1.165) is 12.2 Å². The van der Waals surface area contributed by atoms with Gasteiger partial charge in [0.05, 0.1) is 25.0 Å². The van der Waals surface area contributed by atoms with Crippen LogP contribution in [0.15, 0.2) is 12.4 Å². The summed E-state index contributed by atoms with van der Waals surface area (Å²) >= 11 is 4.68. The predicted octanol–water partition coefficient (Wildman–Crippen LogP) is 0.185. The first-order chi connectivity index (χ1) is 6.22. The van der Waals surface area contributed by atoms with E-state index in [1.165, 1.54) is 0 Å². The van der Waals surface area contributed by atoms with Gasteiger partial charge in [-0.1, -0.05) is 0 Å². The van der Waals surface area contributed by atoms with Crippen LogP contribution in [0, 0.1) is 0 Å². The molecule has 0 bridgehead atoms. The molecule has 1 aromatic heterocycles. The highest BCUT2D eigenvalue weighted by Crippen LogP contribution is 2.03. The third kappa shape index (κ3) is 3.39. The van der Waals surface area contributed by atoms with Crippen LogP contribution in [-0.2, 0) is 11.3 Å². The van der Waals surface area contributed by atoms with Gasteiger partial charge < -0.3 is 15.8 Å². The molecular formula is C7H12N4OS. The SMILES string of the molecule is COCCn1cc(NC(N)=S)cn1. The molecule has 0 amide bonds. The molecule has 0 aliphatic heterocycles. The zero-order valence-corrected chi connectivity index (χ0v) is 8.17. The smallest absolute Gasteiger partial charge is 0.168 e. The van der Waals surface area contributed by atoms with Gasteiger partial charge in [0.25, 0.3) is 0 Å². The second kappa shape index (κ2) is 4.78. The second-order valence-electron chi connectivity index (χ2n) is 2.47. The maximum absolute atomic E-state index is 5.29. The van der Waals surface area contributed by atoms with Crippen LogP contribution >= 0.6 is 12.2 Å². The van der Waals surface area contributed by atoms with E-state index in [1.807, 2.05) is 6.20 Å². The van der Waals surface area contributed by atoms with E-state index >= 15 is 0 Å². The zero-order valence-electron chi connectivity index (χ0n) is 7.36. The molecule has 0 aliphatic carbocycles. The van der Waals surface area contributed by atoms with E-state index in [1.54, 1.807) is 18.0 Å². The molecule has 0 saturated carbocycles. The van der Waals surface area contributed by atoms with Crippen molar-refractivity contribution >= 4 is 23.0 Å². The minimum atomic E-state index is 0.242. The van der Waals surface area contributed by atoms with Crippen LogP contribution in [0.4, 0.5) is 5.69 Å². The van der Waals surface area contributed by atoms with Gasteiger partial charge in [0.15, 0.2) is 5.11 Å². The number of rotatable bonds is 4. The molecule has 0 fully saturated rings. The minimum absolute atomic E-state index is 0.242. The highest BCUT2D eigenvalue weighted by molar-refractivity contribution is 7.80. The molecular weight excluding hydrogens is 188 g/mol. The topological polar surface area (TPSA) is 65.1 Å². The lowest BCUT2D eigenvalue weighted by atomic mass is 10.6. The number of methoxy groups -OCH3 is 1. The molecule has 0 spiro atoms. The van der Waals surface area contributed by atoms with Crippen LogP contribution < -0.4 is 11.1 Å². The molecule has 0 aliphatic rings. The van der Waals surface area contributed by atoms with Crippen LogP contribution in [0.25, 0.3) is 0 Å². The van der Waals surface area contributed by atoms with E-state index < -0.39 is 0 Å². The van der Waals surface area contributed by atoms with Crippen LogP contribution in [0.1, 0.15) is 0 Å². The average Bonchev–Trinajstić information content (AvgIpc) is 2.48. The van der Waals surface area contributed by atoms with Crippen LogP contribution in [0.2, 0.25) is 0 Å². The highest BCUT2D eigenvalue weighted by Gasteiger charge is 1.97. The molecule has 1 heterocycles. The quantitative estimate of drug-likeness (QED) is 0.679. The molecule has 6 heteroatoms. The summed E-state index contributed by atoms with van der Waals surface area (Å²) in [6.45, 7) is 1.35. The van der Waals surface area contributed by atoms with Gasteiger partial charge in [-0.2, -0.15) is 5.10 Å². The van der Waals surface area contributed by atoms with Gasteiger partial charge in [0, 0.05) is 13.3 Å². The Bertz CT molecular complexity index is 286. The Morgan fingerprint density at radius 1 is 1.85 bits per heavy atom. The molecule has 1 aromatic rings. The van der Waals surface area contributed by atoms with E-state index in [4.69, 9.17) is 10.5 Å². The first-order valence-corrected chi connectivity index (χ1v) is 4.21. The van der Waals surface area contributed by atoms with E-state index in [-0.39, 0.29) is 5.11 Å². The van der Waals surface area contributed by atoms with Gasteiger partial charge in [0.1, 0.15) is 0 Å². The molecule has 3 N–H and O–H groups in total. The Hall–Kier alpha value is -1.14. The molecule has 0 saturated heterocycles. The Kier molecular flexibility index (Phi) is 3.66. The second-order valence-corrected chi connectivity index (χ2v) is 2.91. The number of ether oxygens (including phenoxy) is 1. The van der Waals surface area contributed by atoms with Crippen LogP contribution in [-0.4, -0.2) is 28.6 Å². The van der Waals surface area contributed by atoms with Crippen molar-refractivity contribution in [3.8, 4) is 0 Å². The number of nitrogens with one attached hydrogen (secondary N) is 1. The number of aromatic nitrogens is 2. The number of thiocarbonyl (C=S) groups is 1. The van der Waals surface area contributed by atoms with E-state index in [0.29, 0.717) is 6.61 Å². The van der Waals surface area contributed by atoms with Gasteiger partial charge >= 0.3 is 0 Å². The van der Waals surface area contributed by atoms with Crippen molar-refractivity contribution in [3.05, 3.63) is 12.4 Å². The van der Waals surface area contributed by atoms with Gasteiger partial charge in [-0.05, 0) is 12.2 Å². The Labute approximate surface area is 81.9 Å². The first-order valence-electron chi connectivity index (χ1n) is 3.80. The number of nitrogens with two attached hydrogens (primary N) is 1. The Morgan fingerprint density at radius 3 is 3.23 bits per heavy atom. The molecule has 1 rings (SSSR count). The van der Waals surface area contributed by atoms with Crippen molar-refractivity contribution < 1.29 is 4.74 Å². The molecule has 0 radical (unpaired) electrons. The Morgan fingerprint density at radius 2 is 2.62 bits per heavy atom. The van der Waals surface area contributed by atoms with Crippen LogP contribution in [0.5, 0.6) is 0 Å². The largest absolute Gasteiger partial charge is 0.383 e. The number of hydrogen-bond donors (Lipinski definition) is 2. The maximum atomic E-state index is 5.29. The summed E-state index contributed by atoms with van der Waals surface area (Å²) in [7, 11) is 1.65. The third-order valence-corrected chi connectivity index (χ3v) is 1.53. The standard InChI is InChI=1S/C7H12N4OS/c1-12-3-2-11-5-6(4-9-11)10-7(8)13/h4-5H,2-3H2,1H3,(H3,8,10,13).